The Labute approximate surface area is 146 Å². The van der Waals surface area contributed by atoms with Crippen molar-refractivity contribution in [1.82, 2.24) is 0 Å². The fourth-order valence-electron chi connectivity index (χ4n) is 2.26. The number of carboxylic acids is 1. The van der Waals surface area contributed by atoms with E-state index in [1.54, 1.807) is 0 Å². The molecule has 0 unspecified atom stereocenters. The number of carbonyl (C=O) groups excluding carboxylic acids is 1. The molecule has 9 heteroatoms. The topological polar surface area (TPSA) is 83.0 Å². The molecule has 0 radical (unpaired) electrons. The van der Waals surface area contributed by atoms with Crippen LogP contribution in [0, 0.1) is 0 Å². The third kappa shape index (κ3) is 4.05. The number of hydrogen-bond acceptors (Lipinski definition) is 6. The zero-order valence-corrected chi connectivity index (χ0v) is 13.8. The molecule has 26 heavy (non-hydrogen) atoms. The predicted molar refractivity (Wildman–Crippen MR) is 86.5 cm³/mol. The number of carboxylic acid groups (broad SMARTS) is 1. The molecular formula is C17H14F3N2O4-. The van der Waals surface area contributed by atoms with Crippen molar-refractivity contribution in [1.29, 1.82) is 0 Å². The molecule has 0 spiro atoms. The molecular weight excluding hydrogens is 353 g/mol. The lowest BCUT2D eigenvalue weighted by molar-refractivity contribution is -0.255. The number of hydrazone groups is 1. The number of carbonyl (C=O) groups is 1. The smallest absolute Gasteiger partial charge is 0.418 e. The fourth-order valence-corrected chi connectivity index (χ4v) is 2.26. The normalized spacial score (nSPS) is 11.4. The molecule has 0 aliphatic heterocycles. The van der Waals surface area contributed by atoms with Gasteiger partial charge in [-0.2, -0.15) is 18.3 Å². The zero-order chi connectivity index (χ0) is 19.3. The number of hydrogen-bond donors (Lipinski definition) is 1. The summed E-state index contributed by atoms with van der Waals surface area (Å²) in [5.74, 6) is -1.45. The summed E-state index contributed by atoms with van der Waals surface area (Å²) in [6.07, 6.45) is -3.50. The second kappa shape index (κ2) is 7.77. The van der Waals surface area contributed by atoms with Crippen LogP contribution in [0.4, 0.5) is 18.9 Å². The van der Waals surface area contributed by atoms with Gasteiger partial charge in [-0.3, -0.25) is 5.43 Å². The first-order valence-corrected chi connectivity index (χ1v) is 7.21. The summed E-state index contributed by atoms with van der Waals surface area (Å²) in [4.78, 5) is 11.4. The lowest BCUT2D eigenvalue weighted by atomic mass is 10.1. The Morgan fingerprint density at radius 2 is 1.85 bits per heavy atom. The summed E-state index contributed by atoms with van der Waals surface area (Å²) in [5, 5.41) is 15.1. The molecule has 0 amide bonds. The summed E-state index contributed by atoms with van der Waals surface area (Å²) in [5.41, 5.74) is 0.832. The number of methoxy groups -OCH3 is 2. The van der Waals surface area contributed by atoms with Crippen molar-refractivity contribution in [2.75, 3.05) is 19.6 Å². The molecule has 0 atom stereocenters. The minimum Gasteiger partial charge on any atom is -0.545 e. The Balaban J connectivity index is 2.37. The van der Waals surface area contributed by atoms with Gasteiger partial charge in [0.2, 0.25) is 0 Å². The maximum atomic E-state index is 12.9. The minimum atomic E-state index is -4.56. The van der Waals surface area contributed by atoms with E-state index >= 15 is 0 Å². The predicted octanol–water partition coefficient (Wildman–Crippen LogP) is 2.53. The highest BCUT2D eigenvalue weighted by Crippen LogP contribution is 2.35. The van der Waals surface area contributed by atoms with E-state index in [0.717, 1.165) is 12.3 Å². The molecule has 0 saturated carbocycles. The number of rotatable bonds is 6. The van der Waals surface area contributed by atoms with Gasteiger partial charge < -0.3 is 19.4 Å². The van der Waals surface area contributed by atoms with E-state index in [4.69, 9.17) is 9.47 Å². The second-order valence-corrected chi connectivity index (χ2v) is 4.97. The van der Waals surface area contributed by atoms with E-state index in [9.17, 15) is 23.1 Å². The van der Waals surface area contributed by atoms with Gasteiger partial charge in [0.1, 0.15) is 0 Å². The number of aromatic carboxylic acids is 1. The van der Waals surface area contributed by atoms with Crippen LogP contribution in [-0.4, -0.2) is 26.4 Å². The van der Waals surface area contributed by atoms with Crippen LogP contribution in [-0.2, 0) is 6.18 Å². The number of para-hydroxylation sites is 1. The van der Waals surface area contributed by atoms with Gasteiger partial charge in [0.25, 0.3) is 0 Å². The fraction of sp³-hybridized carbons (Fsp3) is 0.176. The van der Waals surface area contributed by atoms with Gasteiger partial charge in [0.15, 0.2) is 11.5 Å². The van der Waals surface area contributed by atoms with Crippen molar-refractivity contribution in [2.45, 2.75) is 6.18 Å². The van der Waals surface area contributed by atoms with E-state index < -0.39 is 17.7 Å². The Kier molecular flexibility index (Phi) is 5.71. The largest absolute Gasteiger partial charge is 0.545 e. The van der Waals surface area contributed by atoms with Crippen LogP contribution >= 0.6 is 0 Å². The van der Waals surface area contributed by atoms with Gasteiger partial charge >= 0.3 is 6.18 Å². The standard InChI is InChI=1S/C17H15F3N2O4/c1-25-13-8-7-10(14(16(23)24)15(13)26-2)9-21-22-12-6-4-3-5-11(12)17(18,19)20/h3-9,22H,1-2H3,(H,23,24)/p-1/b21-9-. The summed E-state index contributed by atoms with van der Waals surface area (Å²) >= 11 is 0. The van der Waals surface area contributed by atoms with E-state index in [1.807, 2.05) is 0 Å². The zero-order valence-electron chi connectivity index (χ0n) is 13.8. The van der Waals surface area contributed by atoms with E-state index in [0.29, 0.717) is 0 Å². The van der Waals surface area contributed by atoms with E-state index in [-0.39, 0.29) is 28.3 Å². The Hall–Kier alpha value is -3.23. The van der Waals surface area contributed by atoms with Crippen molar-refractivity contribution in [3.8, 4) is 11.5 Å². The number of ether oxygens (including phenoxy) is 2. The van der Waals surface area contributed by atoms with Gasteiger partial charge in [0, 0.05) is 5.56 Å². The minimum absolute atomic E-state index is 0.0691. The van der Waals surface area contributed by atoms with Crippen molar-refractivity contribution in [2.24, 2.45) is 5.10 Å². The first-order valence-electron chi connectivity index (χ1n) is 7.21. The quantitative estimate of drug-likeness (QED) is 0.627. The van der Waals surface area contributed by atoms with Gasteiger partial charge in [-0.1, -0.05) is 12.1 Å². The highest BCUT2D eigenvalue weighted by Gasteiger charge is 2.33. The van der Waals surface area contributed by atoms with Crippen LogP contribution < -0.4 is 20.0 Å². The van der Waals surface area contributed by atoms with Crippen molar-refractivity contribution >= 4 is 17.9 Å². The highest BCUT2D eigenvalue weighted by atomic mass is 19.4. The molecule has 1 N–H and O–H groups in total. The average molecular weight is 367 g/mol. The third-order valence-corrected chi connectivity index (χ3v) is 3.40. The maximum absolute atomic E-state index is 12.9. The van der Waals surface area contributed by atoms with Crippen molar-refractivity contribution in [3.63, 3.8) is 0 Å². The SMILES string of the molecule is COc1ccc(/C=N\Nc2ccccc2C(F)(F)F)c(C(=O)[O-])c1OC. The van der Waals surface area contributed by atoms with Gasteiger partial charge in [0.05, 0.1) is 43.2 Å². The first-order chi connectivity index (χ1) is 12.3. The van der Waals surface area contributed by atoms with Crippen LogP contribution in [0.15, 0.2) is 41.5 Å². The van der Waals surface area contributed by atoms with Gasteiger partial charge in [-0.15, -0.1) is 0 Å². The first kappa shape index (κ1) is 19.1. The molecule has 0 aliphatic carbocycles. The van der Waals surface area contributed by atoms with Crippen LogP contribution in [0.25, 0.3) is 0 Å². The van der Waals surface area contributed by atoms with Crippen LogP contribution in [0.5, 0.6) is 11.5 Å². The highest BCUT2D eigenvalue weighted by molar-refractivity contribution is 6.01. The summed E-state index contributed by atoms with van der Waals surface area (Å²) in [7, 11) is 2.59. The van der Waals surface area contributed by atoms with Crippen molar-refractivity contribution < 1.29 is 32.5 Å². The number of benzene rings is 2. The van der Waals surface area contributed by atoms with Crippen molar-refractivity contribution in [3.05, 3.63) is 53.1 Å². The molecule has 0 aliphatic rings. The molecule has 0 fully saturated rings. The molecule has 0 bridgehead atoms. The van der Waals surface area contributed by atoms with Crippen LogP contribution in [0.1, 0.15) is 21.5 Å². The third-order valence-electron chi connectivity index (χ3n) is 3.40. The van der Waals surface area contributed by atoms with Gasteiger partial charge in [-0.25, -0.2) is 0 Å². The molecule has 2 rings (SSSR count). The lowest BCUT2D eigenvalue weighted by Crippen LogP contribution is -2.25. The van der Waals surface area contributed by atoms with Gasteiger partial charge in [-0.05, 0) is 24.3 Å². The molecule has 2 aromatic rings. The number of nitrogens with one attached hydrogen (secondary N) is 1. The van der Waals surface area contributed by atoms with E-state index in [2.05, 4.69) is 10.5 Å². The Morgan fingerprint density at radius 3 is 2.42 bits per heavy atom. The lowest BCUT2D eigenvalue weighted by Gasteiger charge is -2.16. The Bertz CT molecular complexity index is 835. The molecule has 138 valence electrons. The van der Waals surface area contributed by atoms with Crippen LogP contribution in [0.3, 0.4) is 0 Å². The number of nitrogens with zero attached hydrogens (tertiary/aromatic N) is 1. The summed E-state index contributed by atoms with van der Waals surface area (Å²) in [6, 6.07) is 7.58. The number of anilines is 1. The average Bonchev–Trinajstić information content (AvgIpc) is 2.60. The van der Waals surface area contributed by atoms with E-state index in [1.165, 1.54) is 44.6 Å². The number of halogens is 3. The monoisotopic (exact) mass is 367 g/mol. The van der Waals surface area contributed by atoms with Crippen LogP contribution in [0.2, 0.25) is 0 Å². The second-order valence-electron chi connectivity index (χ2n) is 4.97. The molecule has 0 heterocycles. The molecule has 6 nitrogen and oxygen atoms in total. The number of alkyl halides is 3. The molecule has 2 aromatic carbocycles. The Morgan fingerprint density at radius 1 is 1.15 bits per heavy atom. The molecule has 0 aromatic heterocycles. The maximum Gasteiger partial charge on any atom is 0.418 e. The summed E-state index contributed by atoms with van der Waals surface area (Å²) in [6.45, 7) is 0. The molecule has 0 saturated heterocycles. The summed E-state index contributed by atoms with van der Waals surface area (Å²) < 4.78 is 48.9.